The fraction of sp³-hybridized carbons (Fsp3) is 0.400. The Bertz CT molecular complexity index is 687. The van der Waals surface area contributed by atoms with E-state index in [0.29, 0.717) is 17.7 Å². The Morgan fingerprint density at radius 3 is 2.87 bits per heavy atom. The fourth-order valence-electron chi connectivity index (χ4n) is 2.54. The Morgan fingerprint density at radius 1 is 1.26 bits per heavy atom. The lowest BCUT2D eigenvalue weighted by atomic mass is 10.1. The monoisotopic (exact) mass is 310 g/mol. The second-order valence-electron chi connectivity index (χ2n) is 5.40. The van der Waals surface area contributed by atoms with E-state index in [4.69, 9.17) is 5.26 Å². The summed E-state index contributed by atoms with van der Waals surface area (Å²) in [5.74, 6) is 2.04. The van der Waals surface area contributed by atoms with Crippen LogP contribution < -0.4 is 15.5 Å². The van der Waals surface area contributed by atoms with Gasteiger partial charge in [0.15, 0.2) is 5.69 Å². The summed E-state index contributed by atoms with van der Waals surface area (Å²) in [6, 6.07) is 4.25. The molecule has 2 N–H and O–H groups in total. The molecule has 2 aromatic heterocycles. The molecule has 1 aliphatic heterocycles. The van der Waals surface area contributed by atoms with Crippen molar-refractivity contribution in [3.8, 4) is 6.07 Å². The molecule has 1 saturated heterocycles. The highest BCUT2D eigenvalue weighted by Crippen LogP contribution is 2.20. The minimum atomic E-state index is 0.281. The standard InChI is InChI=1S/C15H18N8/c1-23(12-3-2-4-17-8-12)15-5-13(20-10-21-15)22-14-9-18-11(6-16)7-19-14/h5,7,9-10,12,17H,2-4,8H2,1H3,(H,19,20,21,22). The van der Waals surface area contributed by atoms with Crippen molar-refractivity contribution in [3.05, 3.63) is 30.5 Å². The number of aromatic nitrogens is 4. The van der Waals surface area contributed by atoms with Gasteiger partial charge in [-0.25, -0.2) is 19.9 Å². The quantitative estimate of drug-likeness (QED) is 0.864. The normalized spacial score (nSPS) is 17.3. The number of piperidine rings is 1. The van der Waals surface area contributed by atoms with Gasteiger partial charge in [0.05, 0.1) is 12.4 Å². The van der Waals surface area contributed by atoms with E-state index in [1.54, 1.807) is 0 Å². The molecule has 0 bridgehead atoms. The number of rotatable bonds is 4. The van der Waals surface area contributed by atoms with Crippen LogP contribution >= 0.6 is 0 Å². The molecule has 8 heteroatoms. The molecule has 0 aliphatic carbocycles. The van der Waals surface area contributed by atoms with Crippen LogP contribution in [0.4, 0.5) is 17.5 Å². The Hall–Kier alpha value is -2.79. The largest absolute Gasteiger partial charge is 0.355 e. The van der Waals surface area contributed by atoms with Crippen LogP contribution in [-0.4, -0.2) is 46.1 Å². The molecule has 3 rings (SSSR count). The molecule has 1 unspecified atom stereocenters. The number of nitriles is 1. The van der Waals surface area contributed by atoms with Crippen molar-refractivity contribution in [1.82, 2.24) is 25.3 Å². The first-order valence-electron chi connectivity index (χ1n) is 7.51. The second-order valence-corrected chi connectivity index (χ2v) is 5.40. The minimum Gasteiger partial charge on any atom is -0.355 e. The van der Waals surface area contributed by atoms with Gasteiger partial charge >= 0.3 is 0 Å². The van der Waals surface area contributed by atoms with Gasteiger partial charge < -0.3 is 15.5 Å². The first-order valence-corrected chi connectivity index (χ1v) is 7.51. The van der Waals surface area contributed by atoms with E-state index >= 15 is 0 Å². The van der Waals surface area contributed by atoms with Gasteiger partial charge in [0.25, 0.3) is 0 Å². The average Bonchev–Trinajstić information content (AvgIpc) is 2.63. The smallest absolute Gasteiger partial charge is 0.158 e. The van der Waals surface area contributed by atoms with E-state index in [1.165, 1.54) is 25.1 Å². The number of likely N-dealkylation sites (N-methyl/N-ethyl adjacent to an activating group) is 1. The van der Waals surface area contributed by atoms with Crippen LogP contribution in [0.15, 0.2) is 24.8 Å². The van der Waals surface area contributed by atoms with E-state index in [0.717, 1.165) is 25.3 Å². The highest BCUT2D eigenvalue weighted by Gasteiger charge is 2.19. The second kappa shape index (κ2) is 6.98. The lowest BCUT2D eigenvalue weighted by Crippen LogP contribution is -2.44. The molecule has 118 valence electrons. The maximum Gasteiger partial charge on any atom is 0.158 e. The van der Waals surface area contributed by atoms with Gasteiger partial charge in [0.2, 0.25) is 0 Å². The number of anilines is 3. The minimum absolute atomic E-state index is 0.281. The van der Waals surface area contributed by atoms with Gasteiger partial charge in [0.1, 0.15) is 29.9 Å². The van der Waals surface area contributed by atoms with Gasteiger partial charge in [-0.15, -0.1) is 0 Å². The van der Waals surface area contributed by atoms with Crippen molar-refractivity contribution in [2.24, 2.45) is 0 Å². The zero-order valence-corrected chi connectivity index (χ0v) is 12.9. The lowest BCUT2D eigenvalue weighted by molar-refractivity contribution is 0.443. The molecule has 3 heterocycles. The average molecular weight is 310 g/mol. The van der Waals surface area contributed by atoms with Crippen LogP contribution in [0.25, 0.3) is 0 Å². The Labute approximate surface area is 134 Å². The molecule has 1 fully saturated rings. The van der Waals surface area contributed by atoms with Crippen LogP contribution in [0.2, 0.25) is 0 Å². The summed E-state index contributed by atoms with van der Waals surface area (Å²) in [7, 11) is 2.05. The van der Waals surface area contributed by atoms with Gasteiger partial charge in [-0.05, 0) is 19.4 Å². The van der Waals surface area contributed by atoms with Crippen LogP contribution in [0.5, 0.6) is 0 Å². The van der Waals surface area contributed by atoms with E-state index < -0.39 is 0 Å². The summed E-state index contributed by atoms with van der Waals surface area (Å²) < 4.78 is 0. The summed E-state index contributed by atoms with van der Waals surface area (Å²) in [4.78, 5) is 18.8. The van der Waals surface area contributed by atoms with Crippen molar-refractivity contribution in [3.63, 3.8) is 0 Å². The predicted molar refractivity (Wildman–Crippen MR) is 86.4 cm³/mol. The van der Waals surface area contributed by atoms with E-state index in [-0.39, 0.29) is 5.69 Å². The summed E-state index contributed by atoms with van der Waals surface area (Å²) in [5.41, 5.74) is 0.281. The topological polar surface area (TPSA) is 103 Å². The first kappa shape index (κ1) is 15.1. The van der Waals surface area contributed by atoms with Crippen molar-refractivity contribution in [2.75, 3.05) is 30.4 Å². The number of nitrogens with one attached hydrogen (secondary N) is 2. The fourth-order valence-corrected chi connectivity index (χ4v) is 2.54. The third-order valence-corrected chi connectivity index (χ3v) is 3.86. The highest BCUT2D eigenvalue weighted by molar-refractivity contribution is 5.55. The van der Waals surface area contributed by atoms with E-state index in [9.17, 15) is 0 Å². The molecule has 23 heavy (non-hydrogen) atoms. The summed E-state index contributed by atoms with van der Waals surface area (Å²) in [6.45, 7) is 2.04. The predicted octanol–water partition coefficient (Wildman–Crippen LogP) is 1.07. The van der Waals surface area contributed by atoms with Crippen LogP contribution in [0.3, 0.4) is 0 Å². The molecule has 0 radical (unpaired) electrons. The number of nitrogens with zero attached hydrogens (tertiary/aromatic N) is 6. The van der Waals surface area contributed by atoms with Crippen molar-refractivity contribution in [1.29, 1.82) is 5.26 Å². The maximum absolute atomic E-state index is 8.74. The molecule has 1 aliphatic rings. The third kappa shape index (κ3) is 3.70. The molecular weight excluding hydrogens is 292 g/mol. The Balaban J connectivity index is 1.72. The first-order chi connectivity index (χ1) is 11.3. The molecule has 0 saturated carbocycles. The highest BCUT2D eigenvalue weighted by atomic mass is 15.2. The molecular formula is C15H18N8. The van der Waals surface area contributed by atoms with Crippen molar-refractivity contribution >= 4 is 17.5 Å². The molecule has 1 atom stereocenters. The Morgan fingerprint density at radius 2 is 2.17 bits per heavy atom. The van der Waals surface area contributed by atoms with Gasteiger partial charge in [-0.3, -0.25) is 0 Å². The van der Waals surface area contributed by atoms with Gasteiger partial charge in [0, 0.05) is 25.7 Å². The van der Waals surface area contributed by atoms with Crippen LogP contribution in [0, 0.1) is 11.3 Å². The molecule has 2 aromatic rings. The number of hydrogen-bond donors (Lipinski definition) is 2. The zero-order valence-electron chi connectivity index (χ0n) is 12.9. The molecule has 0 spiro atoms. The SMILES string of the molecule is CN(c1cc(Nc2cnc(C#N)cn2)ncn1)C1CCCNC1. The molecule has 0 amide bonds. The van der Waals surface area contributed by atoms with E-state index in [1.807, 2.05) is 19.2 Å². The van der Waals surface area contributed by atoms with Crippen molar-refractivity contribution < 1.29 is 0 Å². The Kier molecular flexibility index (Phi) is 4.59. The van der Waals surface area contributed by atoms with Crippen LogP contribution in [-0.2, 0) is 0 Å². The van der Waals surface area contributed by atoms with E-state index in [2.05, 4.69) is 35.5 Å². The zero-order chi connectivity index (χ0) is 16.1. The van der Waals surface area contributed by atoms with Gasteiger partial charge in [-0.2, -0.15) is 5.26 Å². The van der Waals surface area contributed by atoms with Gasteiger partial charge in [-0.1, -0.05) is 0 Å². The molecule has 0 aromatic carbocycles. The van der Waals surface area contributed by atoms with Crippen LogP contribution in [0.1, 0.15) is 18.5 Å². The lowest BCUT2D eigenvalue weighted by Gasteiger charge is -2.32. The summed E-state index contributed by atoms with van der Waals surface area (Å²) >= 11 is 0. The molecule has 8 nitrogen and oxygen atoms in total. The third-order valence-electron chi connectivity index (χ3n) is 3.86. The summed E-state index contributed by atoms with van der Waals surface area (Å²) in [5, 5.41) is 15.2. The summed E-state index contributed by atoms with van der Waals surface area (Å²) in [6.07, 6.45) is 6.78. The van der Waals surface area contributed by atoms with Crippen molar-refractivity contribution in [2.45, 2.75) is 18.9 Å². The maximum atomic E-state index is 8.74. The number of hydrogen-bond acceptors (Lipinski definition) is 8.